The molecule has 2 aromatic carbocycles. The van der Waals surface area contributed by atoms with E-state index in [1.54, 1.807) is 43.0 Å². The van der Waals surface area contributed by atoms with Gasteiger partial charge in [-0.05, 0) is 55.7 Å². The largest absolute Gasteiger partial charge is 0.261 e. The van der Waals surface area contributed by atoms with E-state index in [0.717, 1.165) is 22.6 Å². The molecule has 9 heteroatoms. The summed E-state index contributed by atoms with van der Waals surface area (Å²) in [6, 6.07) is 12.7. The number of rotatable bonds is 3. The second-order valence-electron chi connectivity index (χ2n) is 7.25. The van der Waals surface area contributed by atoms with Crippen molar-refractivity contribution in [3.05, 3.63) is 119 Å². The van der Waals surface area contributed by atoms with Gasteiger partial charge in [0.25, 0.3) is 0 Å². The molecule has 2 aromatic heterocycles. The van der Waals surface area contributed by atoms with E-state index >= 15 is 0 Å². The van der Waals surface area contributed by atoms with Crippen LogP contribution in [-0.2, 0) is 0 Å². The van der Waals surface area contributed by atoms with E-state index in [2.05, 4.69) is 63.6 Å². The maximum Gasteiger partial charge on any atom is 0.132 e. The Bertz CT molecular complexity index is 1230. The Morgan fingerprint density at radius 1 is 0.743 bits per heavy atom. The van der Waals surface area contributed by atoms with Crippen LogP contribution in [0, 0.1) is 37.3 Å². The molecule has 2 unspecified atom stereocenters. The number of hydrogen-bond acceptors (Lipinski definition) is 4. The molecule has 4 aromatic rings. The van der Waals surface area contributed by atoms with Crippen LogP contribution in [-0.4, -0.2) is 19.9 Å². The number of aryl methyl sites for hydroxylation is 2. The van der Waals surface area contributed by atoms with E-state index in [1.165, 1.54) is 24.3 Å². The van der Waals surface area contributed by atoms with Crippen molar-refractivity contribution in [1.29, 1.82) is 0 Å². The average Bonchev–Trinajstić information content (AvgIpc) is 2.82. The number of benzene rings is 2. The molecule has 0 aliphatic heterocycles. The van der Waals surface area contributed by atoms with E-state index in [1.807, 2.05) is 19.9 Å². The Hall–Kier alpha value is -2.73. The number of halogens is 5. The summed E-state index contributed by atoms with van der Waals surface area (Å²) in [5.41, 5.74) is 4.57. The molecule has 4 nitrogen and oxygen atoms in total. The van der Waals surface area contributed by atoms with Crippen LogP contribution >= 0.6 is 44.3 Å². The second-order valence-corrected chi connectivity index (χ2v) is 9.22. The molecule has 2 atom stereocenters. The summed E-state index contributed by atoms with van der Waals surface area (Å²) in [6.45, 7) is 3.74. The normalized spacial score (nSPS) is 11.6. The van der Waals surface area contributed by atoms with Crippen LogP contribution < -0.4 is 0 Å². The van der Waals surface area contributed by atoms with Crippen molar-refractivity contribution in [1.82, 2.24) is 19.9 Å². The van der Waals surface area contributed by atoms with Gasteiger partial charge in [0.05, 0.1) is 32.9 Å². The zero-order valence-electron chi connectivity index (χ0n) is 18.8. The van der Waals surface area contributed by atoms with E-state index in [0.29, 0.717) is 11.3 Å². The predicted octanol–water partition coefficient (Wildman–Crippen LogP) is 7.24. The number of nitrogens with zero attached hydrogens (tertiary/aromatic N) is 4. The molecule has 0 N–H and O–H groups in total. The third-order valence-corrected chi connectivity index (χ3v) is 7.16. The summed E-state index contributed by atoms with van der Waals surface area (Å²) in [4.78, 5) is 16.5. The first-order chi connectivity index (χ1) is 16.3. The van der Waals surface area contributed by atoms with Crippen molar-refractivity contribution in [2.24, 2.45) is 0 Å². The molecule has 0 saturated carbocycles. The molecule has 35 heavy (non-hydrogen) atoms. The van der Waals surface area contributed by atoms with Crippen LogP contribution in [0.15, 0.2) is 73.3 Å². The Balaban J connectivity index is 0.000000241. The lowest BCUT2D eigenvalue weighted by molar-refractivity contribution is 0.625. The van der Waals surface area contributed by atoms with Gasteiger partial charge in [-0.3, -0.25) is 15.0 Å². The molecule has 0 fully saturated rings. The standard InChI is InChI=1S/C13H11Br2FN2.C13H9FN2.ClH/c1-8-6-17-7-11(18-8)13(15)12(14)9-3-2-4-10(16)5-9;1-10-8-15-9-13(16-10)6-5-11-3-2-4-12(14)7-11;/h2-7,12-13H,1H3;2-4,7-9H,1H3;1H. The summed E-state index contributed by atoms with van der Waals surface area (Å²) in [5.74, 6) is 5.14. The quantitative estimate of drug-likeness (QED) is 0.179. The monoisotopic (exact) mass is 620 g/mol. The summed E-state index contributed by atoms with van der Waals surface area (Å²) < 4.78 is 26.1. The van der Waals surface area contributed by atoms with Crippen LogP contribution in [0.2, 0.25) is 0 Å². The maximum atomic E-state index is 13.2. The van der Waals surface area contributed by atoms with E-state index < -0.39 is 0 Å². The SMILES string of the molecule is Cc1cncc(C#Cc2cccc(F)c2)n1.Cc1cncc(C(Br)C(Br)c2cccc(F)c2)n1.Cl. The van der Waals surface area contributed by atoms with Gasteiger partial charge >= 0.3 is 0 Å². The van der Waals surface area contributed by atoms with Crippen LogP contribution in [0.4, 0.5) is 8.78 Å². The minimum Gasteiger partial charge on any atom is -0.261 e. The summed E-state index contributed by atoms with van der Waals surface area (Å²) >= 11 is 7.14. The van der Waals surface area contributed by atoms with Gasteiger partial charge in [0, 0.05) is 24.2 Å². The van der Waals surface area contributed by atoms with Gasteiger partial charge in [-0.1, -0.05) is 56.0 Å². The van der Waals surface area contributed by atoms with Crippen molar-refractivity contribution in [2.45, 2.75) is 23.5 Å². The first kappa shape index (κ1) is 28.5. The molecule has 0 bridgehead atoms. The Kier molecular flexibility index (Phi) is 11.4. The third kappa shape index (κ3) is 9.10. The van der Waals surface area contributed by atoms with Crippen molar-refractivity contribution >= 4 is 44.3 Å². The number of aromatic nitrogens is 4. The van der Waals surface area contributed by atoms with Crippen LogP contribution in [0.5, 0.6) is 0 Å². The van der Waals surface area contributed by atoms with Crippen molar-refractivity contribution in [2.75, 3.05) is 0 Å². The van der Waals surface area contributed by atoms with E-state index in [-0.39, 0.29) is 33.7 Å². The predicted molar refractivity (Wildman–Crippen MR) is 143 cm³/mol. The van der Waals surface area contributed by atoms with Gasteiger partial charge in [-0.2, -0.15) is 0 Å². The number of alkyl halides is 2. The fraction of sp³-hybridized carbons (Fsp3) is 0.154. The summed E-state index contributed by atoms with van der Waals surface area (Å²) in [5, 5.41) is 0. The molecular weight excluding hydrogens is 602 g/mol. The van der Waals surface area contributed by atoms with E-state index in [4.69, 9.17) is 0 Å². The Labute approximate surface area is 226 Å². The second kappa shape index (κ2) is 14.0. The molecule has 0 aliphatic rings. The zero-order chi connectivity index (χ0) is 24.5. The first-order valence-corrected chi connectivity index (χ1v) is 12.0. The molecule has 2 heterocycles. The Morgan fingerprint density at radius 3 is 2.00 bits per heavy atom. The van der Waals surface area contributed by atoms with Gasteiger partial charge in [0.15, 0.2) is 0 Å². The highest BCUT2D eigenvalue weighted by atomic mass is 79.9. The van der Waals surface area contributed by atoms with Gasteiger partial charge in [0.1, 0.15) is 17.3 Å². The maximum absolute atomic E-state index is 13.2. The molecular formula is C26H21Br2ClF2N4. The zero-order valence-corrected chi connectivity index (χ0v) is 22.8. The smallest absolute Gasteiger partial charge is 0.132 e. The summed E-state index contributed by atoms with van der Waals surface area (Å²) in [7, 11) is 0. The first-order valence-electron chi connectivity index (χ1n) is 10.2. The molecule has 0 saturated heterocycles. The molecule has 0 spiro atoms. The fourth-order valence-corrected chi connectivity index (χ4v) is 3.92. The van der Waals surface area contributed by atoms with Crippen LogP contribution in [0.3, 0.4) is 0 Å². The third-order valence-electron chi connectivity index (χ3n) is 4.39. The molecule has 0 radical (unpaired) electrons. The molecule has 0 aliphatic carbocycles. The fourth-order valence-electron chi connectivity index (χ4n) is 2.84. The minimum absolute atomic E-state index is 0. The minimum atomic E-state index is -0.290. The lowest BCUT2D eigenvalue weighted by Crippen LogP contribution is -2.03. The molecule has 180 valence electrons. The van der Waals surface area contributed by atoms with Gasteiger partial charge in [0.2, 0.25) is 0 Å². The highest BCUT2D eigenvalue weighted by Crippen LogP contribution is 2.41. The van der Waals surface area contributed by atoms with Crippen molar-refractivity contribution in [3.63, 3.8) is 0 Å². The average molecular weight is 623 g/mol. The Morgan fingerprint density at radius 2 is 1.37 bits per heavy atom. The number of hydrogen-bond donors (Lipinski definition) is 0. The van der Waals surface area contributed by atoms with Gasteiger partial charge in [-0.15, -0.1) is 12.4 Å². The summed E-state index contributed by atoms with van der Waals surface area (Å²) in [6.07, 6.45) is 6.65. The van der Waals surface area contributed by atoms with Crippen LogP contribution in [0.25, 0.3) is 0 Å². The van der Waals surface area contributed by atoms with Crippen molar-refractivity contribution in [3.8, 4) is 11.8 Å². The lowest BCUT2D eigenvalue weighted by atomic mass is 10.1. The topological polar surface area (TPSA) is 51.6 Å². The van der Waals surface area contributed by atoms with Gasteiger partial charge in [-0.25, -0.2) is 13.8 Å². The van der Waals surface area contributed by atoms with E-state index in [9.17, 15) is 8.78 Å². The molecule has 4 rings (SSSR count). The lowest BCUT2D eigenvalue weighted by Gasteiger charge is -2.16. The van der Waals surface area contributed by atoms with Crippen LogP contribution in [0.1, 0.15) is 43.6 Å². The van der Waals surface area contributed by atoms with Crippen molar-refractivity contribution < 1.29 is 8.78 Å². The molecule has 0 amide bonds. The highest BCUT2D eigenvalue weighted by Gasteiger charge is 2.21. The van der Waals surface area contributed by atoms with Gasteiger partial charge < -0.3 is 0 Å². The highest BCUT2D eigenvalue weighted by molar-refractivity contribution is 9.12.